The molecule has 0 spiro atoms. The van der Waals surface area contributed by atoms with Gasteiger partial charge < -0.3 is 10.1 Å². The number of nitrogens with one attached hydrogen (secondary N) is 1. The second-order valence-corrected chi connectivity index (χ2v) is 5.60. The third-order valence-electron chi connectivity index (χ3n) is 3.85. The number of methoxy groups -OCH3 is 1. The molecular weight excluding hydrogens is 258 g/mol. The highest BCUT2D eigenvalue weighted by Crippen LogP contribution is 2.32. The van der Waals surface area contributed by atoms with Gasteiger partial charge in [0.1, 0.15) is 5.75 Å². The van der Waals surface area contributed by atoms with Crippen LogP contribution in [-0.2, 0) is 0 Å². The highest BCUT2D eigenvalue weighted by molar-refractivity contribution is 5.46. The van der Waals surface area contributed by atoms with Crippen molar-refractivity contribution in [3.63, 3.8) is 0 Å². The fourth-order valence-electron chi connectivity index (χ4n) is 2.72. The van der Waals surface area contributed by atoms with Gasteiger partial charge in [0.2, 0.25) is 0 Å². The zero-order chi connectivity index (χ0) is 15.4. The molecule has 0 aliphatic heterocycles. The van der Waals surface area contributed by atoms with Crippen molar-refractivity contribution < 1.29 is 4.74 Å². The van der Waals surface area contributed by atoms with Crippen LogP contribution in [0.4, 0.5) is 0 Å². The van der Waals surface area contributed by atoms with E-state index in [-0.39, 0.29) is 6.04 Å². The maximum Gasteiger partial charge on any atom is 0.124 e. The summed E-state index contributed by atoms with van der Waals surface area (Å²) in [6, 6.07) is 13.2. The summed E-state index contributed by atoms with van der Waals surface area (Å²) in [7, 11) is 1.74. The predicted molar refractivity (Wildman–Crippen MR) is 89.2 cm³/mol. The van der Waals surface area contributed by atoms with Crippen LogP contribution in [0.3, 0.4) is 0 Å². The van der Waals surface area contributed by atoms with E-state index in [1.54, 1.807) is 7.11 Å². The molecule has 0 bridgehead atoms. The van der Waals surface area contributed by atoms with E-state index in [1.807, 2.05) is 0 Å². The number of hydrogen-bond donors (Lipinski definition) is 1. The first-order valence-electron chi connectivity index (χ1n) is 7.52. The molecule has 2 aromatic rings. The Morgan fingerprint density at radius 2 is 1.62 bits per heavy atom. The molecule has 0 aliphatic rings. The molecule has 112 valence electrons. The van der Waals surface area contributed by atoms with Crippen molar-refractivity contribution in [1.82, 2.24) is 5.32 Å². The van der Waals surface area contributed by atoms with Gasteiger partial charge in [-0.05, 0) is 50.1 Å². The van der Waals surface area contributed by atoms with Crippen LogP contribution >= 0.6 is 0 Å². The molecule has 0 aromatic heterocycles. The van der Waals surface area contributed by atoms with E-state index >= 15 is 0 Å². The van der Waals surface area contributed by atoms with Gasteiger partial charge in [-0.2, -0.15) is 0 Å². The minimum atomic E-state index is 0.158. The van der Waals surface area contributed by atoms with Crippen LogP contribution in [0.1, 0.15) is 40.8 Å². The first kappa shape index (κ1) is 15.6. The lowest BCUT2D eigenvalue weighted by Gasteiger charge is -2.23. The topological polar surface area (TPSA) is 21.3 Å². The fourth-order valence-corrected chi connectivity index (χ4v) is 2.72. The Morgan fingerprint density at radius 3 is 2.29 bits per heavy atom. The standard InChI is InChI=1S/C19H25NO/c1-6-20-19(17-11-13(2)7-9-15(17)4)16-10-8-14(3)12-18(16)21-5/h7-12,19-20H,6H2,1-5H3. The average molecular weight is 283 g/mol. The van der Waals surface area contributed by atoms with E-state index in [1.165, 1.54) is 27.8 Å². The average Bonchev–Trinajstić information content (AvgIpc) is 2.48. The number of aryl methyl sites for hydroxylation is 3. The molecule has 0 amide bonds. The minimum absolute atomic E-state index is 0.158. The lowest BCUT2D eigenvalue weighted by atomic mass is 9.92. The molecule has 21 heavy (non-hydrogen) atoms. The van der Waals surface area contributed by atoms with Gasteiger partial charge in [0.15, 0.2) is 0 Å². The number of benzene rings is 2. The van der Waals surface area contributed by atoms with Crippen molar-refractivity contribution in [3.05, 3.63) is 64.2 Å². The molecule has 0 aliphatic carbocycles. The molecule has 1 N–H and O–H groups in total. The molecule has 2 heteroatoms. The van der Waals surface area contributed by atoms with Crippen LogP contribution in [0.2, 0.25) is 0 Å². The van der Waals surface area contributed by atoms with E-state index in [0.29, 0.717) is 0 Å². The van der Waals surface area contributed by atoms with Crippen LogP contribution in [0.25, 0.3) is 0 Å². The smallest absolute Gasteiger partial charge is 0.124 e. The molecule has 0 radical (unpaired) electrons. The van der Waals surface area contributed by atoms with E-state index in [9.17, 15) is 0 Å². The molecule has 1 atom stereocenters. The van der Waals surface area contributed by atoms with E-state index in [2.05, 4.69) is 69.4 Å². The predicted octanol–water partition coefficient (Wildman–Crippen LogP) is 4.32. The zero-order valence-corrected chi connectivity index (χ0v) is 13.7. The van der Waals surface area contributed by atoms with E-state index < -0.39 is 0 Å². The van der Waals surface area contributed by atoms with Crippen molar-refractivity contribution in [3.8, 4) is 5.75 Å². The minimum Gasteiger partial charge on any atom is -0.496 e. The monoisotopic (exact) mass is 283 g/mol. The maximum atomic E-state index is 5.61. The number of hydrogen-bond acceptors (Lipinski definition) is 2. The molecular formula is C19H25NO. The normalized spacial score (nSPS) is 12.2. The second kappa shape index (κ2) is 6.77. The van der Waals surface area contributed by atoms with Gasteiger partial charge in [-0.25, -0.2) is 0 Å². The Morgan fingerprint density at radius 1 is 0.952 bits per heavy atom. The first-order chi connectivity index (χ1) is 10.1. The van der Waals surface area contributed by atoms with Gasteiger partial charge in [0.25, 0.3) is 0 Å². The molecule has 2 nitrogen and oxygen atoms in total. The zero-order valence-electron chi connectivity index (χ0n) is 13.7. The summed E-state index contributed by atoms with van der Waals surface area (Å²) in [5, 5.41) is 3.60. The van der Waals surface area contributed by atoms with Crippen LogP contribution in [0.5, 0.6) is 5.75 Å². The van der Waals surface area contributed by atoms with E-state index in [4.69, 9.17) is 4.74 Å². The lowest BCUT2D eigenvalue weighted by molar-refractivity contribution is 0.404. The summed E-state index contributed by atoms with van der Waals surface area (Å²) in [4.78, 5) is 0. The van der Waals surface area contributed by atoms with Gasteiger partial charge >= 0.3 is 0 Å². The Kier molecular flexibility index (Phi) is 5.03. The summed E-state index contributed by atoms with van der Waals surface area (Å²) in [5.41, 5.74) is 6.31. The van der Waals surface area contributed by atoms with E-state index in [0.717, 1.165) is 12.3 Å². The maximum absolute atomic E-state index is 5.61. The molecule has 0 saturated carbocycles. The summed E-state index contributed by atoms with van der Waals surface area (Å²) in [6.07, 6.45) is 0. The molecule has 1 unspecified atom stereocenters. The highest BCUT2D eigenvalue weighted by Gasteiger charge is 2.19. The number of ether oxygens (including phenoxy) is 1. The van der Waals surface area contributed by atoms with Gasteiger partial charge in [0, 0.05) is 5.56 Å². The quantitative estimate of drug-likeness (QED) is 0.882. The molecule has 2 aromatic carbocycles. The largest absolute Gasteiger partial charge is 0.496 e. The summed E-state index contributed by atoms with van der Waals surface area (Å²) in [6.45, 7) is 9.44. The third kappa shape index (κ3) is 3.45. The van der Waals surface area contributed by atoms with Crippen molar-refractivity contribution in [2.75, 3.05) is 13.7 Å². The Balaban J connectivity index is 2.55. The van der Waals surface area contributed by atoms with Crippen molar-refractivity contribution in [1.29, 1.82) is 0 Å². The fraction of sp³-hybridized carbons (Fsp3) is 0.368. The SMILES string of the molecule is CCNC(c1cc(C)ccc1C)c1ccc(C)cc1OC. The Hall–Kier alpha value is -1.80. The molecule has 0 heterocycles. The lowest BCUT2D eigenvalue weighted by Crippen LogP contribution is -2.23. The Bertz CT molecular complexity index is 619. The van der Waals surface area contributed by atoms with Crippen molar-refractivity contribution >= 4 is 0 Å². The second-order valence-electron chi connectivity index (χ2n) is 5.60. The summed E-state index contributed by atoms with van der Waals surface area (Å²) < 4.78 is 5.61. The van der Waals surface area contributed by atoms with Crippen molar-refractivity contribution in [2.45, 2.75) is 33.7 Å². The third-order valence-corrected chi connectivity index (χ3v) is 3.85. The molecule has 2 rings (SSSR count). The van der Waals surface area contributed by atoms with Crippen LogP contribution in [0, 0.1) is 20.8 Å². The molecule has 0 fully saturated rings. The molecule has 0 saturated heterocycles. The van der Waals surface area contributed by atoms with Gasteiger partial charge in [-0.15, -0.1) is 0 Å². The van der Waals surface area contributed by atoms with Gasteiger partial charge in [-0.1, -0.05) is 42.8 Å². The Labute approximate surface area is 128 Å². The van der Waals surface area contributed by atoms with Crippen LogP contribution < -0.4 is 10.1 Å². The van der Waals surface area contributed by atoms with Crippen molar-refractivity contribution in [2.24, 2.45) is 0 Å². The van der Waals surface area contributed by atoms with Gasteiger partial charge in [0.05, 0.1) is 13.2 Å². The summed E-state index contributed by atoms with van der Waals surface area (Å²) in [5.74, 6) is 0.946. The highest BCUT2D eigenvalue weighted by atomic mass is 16.5. The first-order valence-corrected chi connectivity index (χ1v) is 7.52. The number of rotatable bonds is 5. The summed E-state index contributed by atoms with van der Waals surface area (Å²) >= 11 is 0. The van der Waals surface area contributed by atoms with Crippen LogP contribution in [0.15, 0.2) is 36.4 Å². The van der Waals surface area contributed by atoms with Crippen LogP contribution in [-0.4, -0.2) is 13.7 Å². The van der Waals surface area contributed by atoms with Gasteiger partial charge in [-0.3, -0.25) is 0 Å².